The predicted molar refractivity (Wildman–Crippen MR) is 130 cm³/mol. The van der Waals surface area contributed by atoms with Gasteiger partial charge < -0.3 is 14.2 Å². The molecule has 0 spiro atoms. The van der Waals surface area contributed by atoms with Crippen molar-refractivity contribution in [2.75, 3.05) is 25.2 Å². The Morgan fingerprint density at radius 3 is 2.69 bits per heavy atom. The number of halogens is 1. The van der Waals surface area contributed by atoms with Gasteiger partial charge in [-0.15, -0.1) is 0 Å². The molecule has 1 aliphatic heterocycles. The second-order valence-corrected chi connectivity index (χ2v) is 7.76. The van der Waals surface area contributed by atoms with E-state index in [9.17, 15) is 9.59 Å². The number of carbonyl (C=O) groups is 2. The number of methoxy groups -OCH3 is 1. The quantitative estimate of drug-likeness (QED) is 0.244. The molecule has 9 heteroatoms. The summed E-state index contributed by atoms with van der Waals surface area (Å²) in [4.78, 5) is 27.1. The summed E-state index contributed by atoms with van der Waals surface area (Å²) in [5.41, 5.74) is 0.979. The number of thiocarbonyl (C=S) groups is 1. The van der Waals surface area contributed by atoms with Gasteiger partial charge in [0, 0.05) is 6.07 Å². The lowest BCUT2D eigenvalue weighted by molar-refractivity contribution is -0.122. The molecule has 32 heavy (non-hydrogen) atoms. The number of carbonyl (C=O) groups excluding carboxylic acids is 2. The molecule has 2 aromatic rings. The molecule has 1 fully saturated rings. The van der Waals surface area contributed by atoms with Crippen molar-refractivity contribution in [2.24, 2.45) is 0 Å². The van der Waals surface area contributed by atoms with E-state index in [1.165, 1.54) is 18.1 Å². The van der Waals surface area contributed by atoms with Crippen molar-refractivity contribution in [1.29, 1.82) is 0 Å². The fraction of sp³-hybridized carbons (Fsp3) is 0.174. The van der Waals surface area contributed by atoms with Gasteiger partial charge in [-0.25, -0.2) is 0 Å². The van der Waals surface area contributed by atoms with Crippen molar-refractivity contribution < 1.29 is 23.8 Å². The number of nitrogens with zero attached hydrogens (tertiary/aromatic N) is 1. The molecule has 0 atom stereocenters. The third kappa shape index (κ3) is 5.00. The van der Waals surface area contributed by atoms with Crippen LogP contribution in [0.4, 0.5) is 5.69 Å². The van der Waals surface area contributed by atoms with Crippen LogP contribution in [0, 0.1) is 0 Å². The second-order valence-electron chi connectivity index (χ2n) is 6.52. The highest BCUT2D eigenvalue weighted by molar-refractivity contribution is 9.10. The van der Waals surface area contributed by atoms with Crippen LogP contribution in [0.3, 0.4) is 0 Å². The summed E-state index contributed by atoms with van der Waals surface area (Å²) in [6, 6.07) is 10.3. The van der Waals surface area contributed by atoms with Crippen molar-refractivity contribution in [3.8, 4) is 17.2 Å². The topological polar surface area (TPSA) is 77.1 Å². The van der Waals surface area contributed by atoms with Crippen LogP contribution >= 0.6 is 28.1 Å². The average molecular weight is 517 g/mol. The Morgan fingerprint density at radius 1 is 1.22 bits per heavy atom. The Kier molecular flexibility index (Phi) is 7.66. The molecule has 0 aliphatic carbocycles. The van der Waals surface area contributed by atoms with Crippen LogP contribution in [0.2, 0.25) is 0 Å². The number of hydrogen-bond donors (Lipinski definition) is 1. The Hall–Kier alpha value is -3.17. The van der Waals surface area contributed by atoms with Crippen LogP contribution in [-0.4, -0.2) is 37.3 Å². The minimum atomic E-state index is -0.584. The van der Waals surface area contributed by atoms with E-state index in [2.05, 4.69) is 27.8 Å². The standard InChI is InChI=1S/C23H21BrN2O5S/c1-4-9-31-20-18(24)11-14(12-19(20)29-3)10-17-21(27)25-23(32)26(22(17)28)15-7-6-8-16(13-15)30-5-2/h4,6-8,10-13H,1,5,9H2,2-3H3,(H,25,27,32)/b17-10+. The zero-order valence-electron chi connectivity index (χ0n) is 17.5. The van der Waals surface area contributed by atoms with Crippen molar-refractivity contribution in [2.45, 2.75) is 6.92 Å². The molecule has 1 N–H and O–H groups in total. The van der Waals surface area contributed by atoms with Crippen molar-refractivity contribution in [3.63, 3.8) is 0 Å². The van der Waals surface area contributed by atoms with E-state index >= 15 is 0 Å². The molecule has 2 aromatic carbocycles. The SMILES string of the molecule is C=CCOc1c(Br)cc(/C=C2\C(=O)NC(=S)N(c3cccc(OCC)c3)C2=O)cc1OC. The Bertz CT molecular complexity index is 1120. The van der Waals surface area contributed by atoms with E-state index < -0.39 is 11.8 Å². The summed E-state index contributed by atoms with van der Waals surface area (Å²) in [6.07, 6.45) is 3.09. The van der Waals surface area contributed by atoms with Gasteiger partial charge in [-0.2, -0.15) is 0 Å². The molecule has 0 saturated carbocycles. The van der Waals surface area contributed by atoms with E-state index in [1.54, 1.807) is 42.5 Å². The molecule has 0 unspecified atom stereocenters. The van der Waals surface area contributed by atoms with Crippen molar-refractivity contribution >= 4 is 56.8 Å². The molecule has 0 bridgehead atoms. The molecule has 0 aromatic heterocycles. The summed E-state index contributed by atoms with van der Waals surface area (Å²) in [6.45, 7) is 6.27. The molecule has 1 heterocycles. The van der Waals surface area contributed by atoms with Crippen LogP contribution in [0.25, 0.3) is 6.08 Å². The van der Waals surface area contributed by atoms with E-state index in [4.69, 9.17) is 26.4 Å². The van der Waals surface area contributed by atoms with Gasteiger partial charge in [-0.3, -0.25) is 19.8 Å². The first-order valence-corrected chi connectivity index (χ1v) is 10.8. The first-order valence-electron chi connectivity index (χ1n) is 9.65. The lowest BCUT2D eigenvalue weighted by Crippen LogP contribution is -2.54. The highest BCUT2D eigenvalue weighted by Gasteiger charge is 2.34. The summed E-state index contributed by atoms with van der Waals surface area (Å²) in [5, 5.41) is 2.57. The zero-order chi connectivity index (χ0) is 23.3. The van der Waals surface area contributed by atoms with Gasteiger partial charge >= 0.3 is 0 Å². The number of benzene rings is 2. The number of anilines is 1. The van der Waals surface area contributed by atoms with Crippen LogP contribution in [0.5, 0.6) is 17.2 Å². The number of rotatable bonds is 8. The minimum Gasteiger partial charge on any atom is -0.494 e. The predicted octanol–water partition coefficient (Wildman–Crippen LogP) is 4.25. The lowest BCUT2D eigenvalue weighted by atomic mass is 10.1. The van der Waals surface area contributed by atoms with E-state index in [-0.39, 0.29) is 10.7 Å². The maximum atomic E-state index is 13.3. The summed E-state index contributed by atoms with van der Waals surface area (Å²) < 4.78 is 17.1. The molecule has 2 amide bonds. The summed E-state index contributed by atoms with van der Waals surface area (Å²) in [5.74, 6) is 0.388. The van der Waals surface area contributed by atoms with Gasteiger partial charge in [-0.05, 0) is 71.0 Å². The number of nitrogens with one attached hydrogen (secondary N) is 1. The summed E-state index contributed by atoms with van der Waals surface area (Å²) >= 11 is 8.71. The van der Waals surface area contributed by atoms with Crippen LogP contribution in [0.15, 0.2) is 59.1 Å². The first kappa shape index (κ1) is 23.5. The highest BCUT2D eigenvalue weighted by Crippen LogP contribution is 2.37. The fourth-order valence-corrected chi connectivity index (χ4v) is 3.90. The van der Waals surface area contributed by atoms with Crippen LogP contribution in [0.1, 0.15) is 12.5 Å². The molecule has 166 valence electrons. The molecule has 0 radical (unpaired) electrons. The second kappa shape index (κ2) is 10.4. The number of ether oxygens (including phenoxy) is 3. The normalized spacial score (nSPS) is 14.9. The first-order chi connectivity index (χ1) is 15.4. The third-order valence-corrected chi connectivity index (χ3v) is 5.27. The van der Waals surface area contributed by atoms with Gasteiger partial charge in [0.15, 0.2) is 16.6 Å². The average Bonchev–Trinajstić information content (AvgIpc) is 2.76. The Labute approximate surface area is 199 Å². The molecule has 1 aliphatic rings. The number of hydrogen-bond acceptors (Lipinski definition) is 6. The Morgan fingerprint density at radius 2 is 2.00 bits per heavy atom. The van der Waals surface area contributed by atoms with Gasteiger partial charge in [0.1, 0.15) is 17.9 Å². The maximum Gasteiger partial charge on any atom is 0.270 e. The van der Waals surface area contributed by atoms with E-state index in [0.29, 0.717) is 46.2 Å². The monoisotopic (exact) mass is 516 g/mol. The van der Waals surface area contributed by atoms with Gasteiger partial charge in [0.05, 0.1) is 23.9 Å². The summed E-state index contributed by atoms with van der Waals surface area (Å²) in [7, 11) is 1.50. The van der Waals surface area contributed by atoms with Crippen molar-refractivity contribution in [3.05, 3.63) is 64.7 Å². The minimum absolute atomic E-state index is 0.00210. The molecular formula is C23H21BrN2O5S. The molecule has 7 nitrogen and oxygen atoms in total. The van der Waals surface area contributed by atoms with E-state index in [0.717, 1.165) is 0 Å². The van der Waals surface area contributed by atoms with Crippen molar-refractivity contribution in [1.82, 2.24) is 5.32 Å². The third-order valence-electron chi connectivity index (χ3n) is 4.40. The van der Waals surface area contributed by atoms with Gasteiger partial charge in [-0.1, -0.05) is 18.7 Å². The van der Waals surface area contributed by atoms with Crippen LogP contribution in [-0.2, 0) is 9.59 Å². The smallest absolute Gasteiger partial charge is 0.270 e. The van der Waals surface area contributed by atoms with Gasteiger partial charge in [0.2, 0.25) is 0 Å². The number of amides is 2. The van der Waals surface area contributed by atoms with Gasteiger partial charge in [0.25, 0.3) is 11.8 Å². The van der Waals surface area contributed by atoms with Crippen LogP contribution < -0.4 is 24.4 Å². The zero-order valence-corrected chi connectivity index (χ0v) is 19.9. The molecule has 1 saturated heterocycles. The Balaban J connectivity index is 2.00. The molecular weight excluding hydrogens is 496 g/mol. The van der Waals surface area contributed by atoms with E-state index in [1.807, 2.05) is 6.92 Å². The lowest BCUT2D eigenvalue weighted by Gasteiger charge is -2.29. The fourth-order valence-electron chi connectivity index (χ4n) is 3.04. The highest BCUT2D eigenvalue weighted by atomic mass is 79.9. The molecule has 3 rings (SSSR count). The largest absolute Gasteiger partial charge is 0.494 e. The maximum absolute atomic E-state index is 13.3.